The van der Waals surface area contributed by atoms with Gasteiger partial charge in [0.15, 0.2) is 5.84 Å². The number of likely N-dealkylation sites (N-methyl/N-ethyl adjacent to an activating group) is 1. The monoisotopic (exact) mass is 241 g/mol. The van der Waals surface area contributed by atoms with Crippen molar-refractivity contribution < 1.29 is 10.0 Å². The van der Waals surface area contributed by atoms with Crippen molar-refractivity contribution >= 4 is 11.7 Å². The molecule has 0 aromatic carbocycles. The molecule has 1 fully saturated rings. The molecule has 1 amide bonds. The summed E-state index contributed by atoms with van der Waals surface area (Å²) >= 11 is 0. The van der Waals surface area contributed by atoms with E-state index in [1.807, 2.05) is 0 Å². The zero-order valence-electron chi connectivity index (χ0n) is 10.7. The van der Waals surface area contributed by atoms with E-state index in [2.05, 4.69) is 5.16 Å². The summed E-state index contributed by atoms with van der Waals surface area (Å²) in [5.41, 5.74) is 5.48. The number of amides is 1. The second kappa shape index (κ2) is 6.47. The maximum Gasteiger partial charge on any atom is 0.222 e. The Bertz CT molecular complexity index is 285. The van der Waals surface area contributed by atoms with Gasteiger partial charge >= 0.3 is 0 Å². The number of hydrogen-bond acceptors (Lipinski definition) is 3. The predicted octanol–water partition coefficient (Wildman–Crippen LogP) is 1.55. The third kappa shape index (κ3) is 3.91. The molecule has 1 unspecified atom stereocenters. The number of amidine groups is 1. The smallest absolute Gasteiger partial charge is 0.222 e. The lowest BCUT2D eigenvalue weighted by atomic mass is 10.0. The summed E-state index contributed by atoms with van der Waals surface area (Å²) in [6, 6.07) is -0.351. The molecule has 1 saturated carbocycles. The van der Waals surface area contributed by atoms with Gasteiger partial charge in [0, 0.05) is 13.5 Å². The van der Waals surface area contributed by atoms with Crippen molar-refractivity contribution in [1.82, 2.24) is 4.90 Å². The van der Waals surface area contributed by atoms with Gasteiger partial charge < -0.3 is 15.8 Å². The lowest BCUT2D eigenvalue weighted by Crippen LogP contribution is -2.43. The minimum Gasteiger partial charge on any atom is -0.409 e. The van der Waals surface area contributed by atoms with E-state index < -0.39 is 0 Å². The summed E-state index contributed by atoms with van der Waals surface area (Å²) in [7, 11) is 1.69. The van der Waals surface area contributed by atoms with Gasteiger partial charge in [0.25, 0.3) is 0 Å². The molecule has 5 heteroatoms. The second-order valence-corrected chi connectivity index (χ2v) is 4.89. The number of carbonyl (C=O) groups is 1. The average molecular weight is 241 g/mol. The first-order chi connectivity index (χ1) is 8.06. The maximum atomic E-state index is 11.9. The molecule has 0 bridgehead atoms. The summed E-state index contributed by atoms with van der Waals surface area (Å²) < 4.78 is 0. The van der Waals surface area contributed by atoms with Crippen LogP contribution in [0.15, 0.2) is 5.16 Å². The van der Waals surface area contributed by atoms with E-state index in [4.69, 9.17) is 10.9 Å². The Morgan fingerprint density at radius 2 is 2.12 bits per heavy atom. The summed E-state index contributed by atoms with van der Waals surface area (Å²) in [5, 5.41) is 11.5. The van der Waals surface area contributed by atoms with Crippen molar-refractivity contribution in [3.63, 3.8) is 0 Å². The molecule has 1 aliphatic rings. The minimum absolute atomic E-state index is 0.0657. The molecule has 1 atom stereocenters. The quantitative estimate of drug-likeness (QED) is 0.332. The highest BCUT2D eigenvalue weighted by molar-refractivity contribution is 5.89. The van der Waals surface area contributed by atoms with Gasteiger partial charge in [0.05, 0.1) is 6.04 Å². The minimum atomic E-state index is -0.351. The molecular formula is C12H23N3O2. The first-order valence-corrected chi connectivity index (χ1v) is 6.29. The van der Waals surface area contributed by atoms with E-state index >= 15 is 0 Å². The third-order valence-corrected chi connectivity index (χ3v) is 3.76. The van der Waals surface area contributed by atoms with Crippen molar-refractivity contribution in [2.45, 2.75) is 51.5 Å². The molecule has 1 rings (SSSR count). The Morgan fingerprint density at radius 1 is 1.53 bits per heavy atom. The molecular weight excluding hydrogens is 218 g/mol. The number of nitrogens with two attached hydrogens (primary N) is 1. The number of rotatable bonds is 5. The highest BCUT2D eigenvalue weighted by atomic mass is 16.4. The van der Waals surface area contributed by atoms with Crippen molar-refractivity contribution in [2.75, 3.05) is 7.05 Å². The Balaban J connectivity index is 2.35. The fraction of sp³-hybridized carbons (Fsp3) is 0.833. The van der Waals surface area contributed by atoms with Crippen LogP contribution >= 0.6 is 0 Å². The van der Waals surface area contributed by atoms with E-state index in [9.17, 15) is 4.79 Å². The molecule has 0 aromatic rings. The van der Waals surface area contributed by atoms with Gasteiger partial charge in [-0.25, -0.2) is 0 Å². The number of oxime groups is 1. The largest absolute Gasteiger partial charge is 0.409 e. The van der Waals surface area contributed by atoms with Crippen LogP contribution in [0.4, 0.5) is 0 Å². The topological polar surface area (TPSA) is 78.9 Å². The molecule has 17 heavy (non-hydrogen) atoms. The SMILES string of the molecule is CC(C(N)=NO)N(C)C(=O)CCC1CCCC1. The van der Waals surface area contributed by atoms with Gasteiger partial charge in [0.2, 0.25) is 5.91 Å². The van der Waals surface area contributed by atoms with Gasteiger partial charge in [-0.2, -0.15) is 0 Å². The summed E-state index contributed by atoms with van der Waals surface area (Å²) in [6.45, 7) is 1.75. The first kappa shape index (κ1) is 13.8. The molecule has 0 aromatic heterocycles. The Kier molecular flexibility index (Phi) is 5.25. The Hall–Kier alpha value is -1.26. The van der Waals surface area contributed by atoms with Gasteiger partial charge in [-0.15, -0.1) is 0 Å². The highest BCUT2D eigenvalue weighted by Crippen LogP contribution is 2.28. The lowest BCUT2D eigenvalue weighted by Gasteiger charge is -2.24. The standard InChI is InChI=1S/C12H23N3O2/c1-9(12(13)14-17)15(2)11(16)8-7-10-5-3-4-6-10/h9-10,17H,3-8H2,1-2H3,(H2,13,14). The van der Waals surface area contributed by atoms with Crippen molar-refractivity contribution in [2.24, 2.45) is 16.8 Å². The summed E-state index contributed by atoms with van der Waals surface area (Å²) in [4.78, 5) is 13.4. The Labute approximate surface area is 103 Å². The van der Waals surface area contributed by atoms with Crippen LogP contribution in [0.3, 0.4) is 0 Å². The normalized spacial score (nSPS) is 19.3. The number of nitrogens with zero attached hydrogens (tertiary/aromatic N) is 2. The highest BCUT2D eigenvalue weighted by Gasteiger charge is 2.21. The summed E-state index contributed by atoms with van der Waals surface area (Å²) in [5.74, 6) is 0.851. The summed E-state index contributed by atoms with van der Waals surface area (Å²) in [6.07, 6.45) is 6.64. The average Bonchev–Trinajstić information content (AvgIpc) is 2.86. The molecule has 3 N–H and O–H groups in total. The van der Waals surface area contributed by atoms with E-state index in [0.29, 0.717) is 12.3 Å². The first-order valence-electron chi connectivity index (χ1n) is 6.29. The number of hydrogen-bond donors (Lipinski definition) is 2. The predicted molar refractivity (Wildman–Crippen MR) is 66.8 cm³/mol. The van der Waals surface area contributed by atoms with Crippen LogP contribution in [0.1, 0.15) is 45.4 Å². The molecule has 98 valence electrons. The van der Waals surface area contributed by atoms with Crippen LogP contribution in [-0.4, -0.2) is 34.9 Å². The molecule has 5 nitrogen and oxygen atoms in total. The molecule has 1 aliphatic carbocycles. The maximum absolute atomic E-state index is 11.9. The van der Waals surface area contributed by atoms with Crippen LogP contribution in [-0.2, 0) is 4.79 Å². The van der Waals surface area contributed by atoms with Crippen LogP contribution in [0.25, 0.3) is 0 Å². The van der Waals surface area contributed by atoms with E-state index in [1.165, 1.54) is 25.7 Å². The van der Waals surface area contributed by atoms with Gasteiger partial charge in [-0.05, 0) is 19.3 Å². The van der Waals surface area contributed by atoms with E-state index in [-0.39, 0.29) is 17.8 Å². The van der Waals surface area contributed by atoms with Crippen molar-refractivity contribution in [3.05, 3.63) is 0 Å². The van der Waals surface area contributed by atoms with E-state index in [1.54, 1.807) is 18.9 Å². The molecule has 0 heterocycles. The lowest BCUT2D eigenvalue weighted by molar-refractivity contribution is -0.130. The zero-order chi connectivity index (χ0) is 12.8. The molecule has 0 aliphatic heterocycles. The molecule has 0 spiro atoms. The van der Waals surface area contributed by atoms with Gasteiger partial charge in [-0.1, -0.05) is 30.8 Å². The van der Waals surface area contributed by atoms with Gasteiger partial charge in [-0.3, -0.25) is 4.79 Å². The third-order valence-electron chi connectivity index (χ3n) is 3.76. The Morgan fingerprint density at radius 3 is 2.65 bits per heavy atom. The van der Waals surface area contributed by atoms with Crippen LogP contribution in [0, 0.1) is 5.92 Å². The van der Waals surface area contributed by atoms with Crippen LogP contribution in [0.5, 0.6) is 0 Å². The zero-order valence-corrected chi connectivity index (χ0v) is 10.7. The van der Waals surface area contributed by atoms with Crippen molar-refractivity contribution in [3.8, 4) is 0 Å². The van der Waals surface area contributed by atoms with E-state index in [0.717, 1.165) is 6.42 Å². The molecule has 0 saturated heterocycles. The second-order valence-electron chi connectivity index (χ2n) is 4.89. The van der Waals surface area contributed by atoms with Crippen LogP contribution in [0.2, 0.25) is 0 Å². The fourth-order valence-electron chi connectivity index (χ4n) is 2.30. The number of carbonyl (C=O) groups excluding carboxylic acids is 1. The fourth-order valence-corrected chi connectivity index (χ4v) is 2.30. The molecule has 0 radical (unpaired) electrons. The van der Waals surface area contributed by atoms with Crippen LogP contribution < -0.4 is 5.73 Å². The van der Waals surface area contributed by atoms with Gasteiger partial charge in [0.1, 0.15) is 0 Å². The van der Waals surface area contributed by atoms with Crippen molar-refractivity contribution in [1.29, 1.82) is 0 Å².